The van der Waals surface area contributed by atoms with E-state index in [2.05, 4.69) is 19.2 Å². The Labute approximate surface area is 108 Å². The first-order valence-corrected chi connectivity index (χ1v) is 6.77. The average Bonchev–Trinajstić information content (AvgIpc) is 2.34. The number of pyridine rings is 1. The molecule has 1 aromatic rings. The maximum atomic E-state index is 11.6. The summed E-state index contributed by atoms with van der Waals surface area (Å²) in [6.45, 7) is 5.77. The number of anilines is 1. The van der Waals surface area contributed by atoms with Gasteiger partial charge < -0.3 is 14.6 Å². The maximum Gasteiger partial charge on any atom is 0.250 e. The Morgan fingerprint density at radius 3 is 3.06 bits per heavy atom. The molecule has 0 radical (unpaired) electrons. The van der Waals surface area contributed by atoms with Crippen molar-refractivity contribution in [3.05, 3.63) is 28.7 Å². The fraction of sp³-hybridized carbons (Fsp3) is 0.643. The van der Waals surface area contributed by atoms with E-state index < -0.39 is 0 Å². The molecular formula is C14H22N2O2. The van der Waals surface area contributed by atoms with Crippen LogP contribution < -0.4 is 10.9 Å². The Bertz CT molecular complexity index is 442. The zero-order chi connectivity index (χ0) is 13.0. The van der Waals surface area contributed by atoms with Gasteiger partial charge in [-0.25, -0.2) is 0 Å². The van der Waals surface area contributed by atoms with Crippen molar-refractivity contribution < 1.29 is 4.74 Å². The van der Waals surface area contributed by atoms with Crippen LogP contribution in [0.5, 0.6) is 0 Å². The molecule has 2 heterocycles. The summed E-state index contributed by atoms with van der Waals surface area (Å²) in [6.07, 6.45) is 5.26. The molecular weight excluding hydrogens is 228 g/mol. The highest BCUT2D eigenvalue weighted by atomic mass is 16.5. The molecule has 4 nitrogen and oxygen atoms in total. The van der Waals surface area contributed by atoms with E-state index in [-0.39, 0.29) is 5.56 Å². The van der Waals surface area contributed by atoms with Crippen LogP contribution in [-0.2, 0) is 11.3 Å². The van der Waals surface area contributed by atoms with Gasteiger partial charge in [0.05, 0.1) is 11.8 Å². The highest BCUT2D eigenvalue weighted by Gasteiger charge is 2.19. The summed E-state index contributed by atoms with van der Waals surface area (Å²) in [5, 5.41) is 3.50. The number of nitrogens with one attached hydrogen (secondary N) is 1. The smallest absolute Gasteiger partial charge is 0.250 e. The van der Waals surface area contributed by atoms with Crippen LogP contribution in [0.3, 0.4) is 0 Å². The van der Waals surface area contributed by atoms with Gasteiger partial charge in [-0.3, -0.25) is 4.79 Å². The largest absolute Gasteiger partial charge is 0.381 e. The highest BCUT2D eigenvalue weighted by molar-refractivity contribution is 5.41. The molecule has 0 spiro atoms. The van der Waals surface area contributed by atoms with Gasteiger partial charge in [0.25, 0.3) is 5.56 Å². The molecule has 4 heteroatoms. The minimum absolute atomic E-state index is 0.0720. The Morgan fingerprint density at radius 1 is 1.50 bits per heavy atom. The second-order valence-electron chi connectivity index (χ2n) is 5.00. The van der Waals surface area contributed by atoms with Crippen LogP contribution in [0.1, 0.15) is 33.1 Å². The van der Waals surface area contributed by atoms with Gasteiger partial charge in [-0.2, -0.15) is 0 Å². The van der Waals surface area contributed by atoms with Crippen molar-refractivity contribution >= 4 is 5.69 Å². The molecule has 100 valence electrons. The van der Waals surface area contributed by atoms with Gasteiger partial charge in [-0.1, -0.05) is 6.92 Å². The molecule has 1 aliphatic heterocycles. The lowest BCUT2D eigenvalue weighted by molar-refractivity contribution is 0.0232. The second-order valence-corrected chi connectivity index (χ2v) is 5.00. The lowest BCUT2D eigenvalue weighted by Crippen LogP contribution is -2.33. The first-order chi connectivity index (χ1) is 8.69. The summed E-state index contributed by atoms with van der Waals surface area (Å²) in [7, 11) is 0. The number of hydrogen-bond acceptors (Lipinski definition) is 3. The van der Waals surface area contributed by atoms with Crippen molar-refractivity contribution in [3.63, 3.8) is 0 Å². The number of rotatable bonds is 4. The molecule has 0 saturated carbocycles. The topological polar surface area (TPSA) is 43.3 Å². The molecule has 2 unspecified atom stereocenters. The van der Waals surface area contributed by atoms with E-state index in [1.807, 2.05) is 12.3 Å². The van der Waals surface area contributed by atoms with Crippen molar-refractivity contribution in [1.29, 1.82) is 0 Å². The third kappa shape index (κ3) is 3.35. The van der Waals surface area contributed by atoms with Gasteiger partial charge in [-0.15, -0.1) is 0 Å². The molecule has 18 heavy (non-hydrogen) atoms. The molecule has 1 saturated heterocycles. The molecule has 1 N–H and O–H groups in total. The Morgan fingerprint density at radius 2 is 2.33 bits per heavy atom. The van der Waals surface area contributed by atoms with E-state index in [0.29, 0.717) is 12.1 Å². The second kappa shape index (κ2) is 6.05. The van der Waals surface area contributed by atoms with Crippen molar-refractivity contribution in [2.45, 2.75) is 51.8 Å². The highest BCUT2D eigenvalue weighted by Crippen LogP contribution is 2.17. The van der Waals surface area contributed by atoms with Gasteiger partial charge in [0.1, 0.15) is 0 Å². The van der Waals surface area contributed by atoms with Crippen molar-refractivity contribution in [3.8, 4) is 0 Å². The number of aromatic nitrogens is 1. The summed E-state index contributed by atoms with van der Waals surface area (Å²) >= 11 is 0. The third-order valence-corrected chi connectivity index (χ3v) is 3.30. The molecule has 0 bridgehead atoms. The summed E-state index contributed by atoms with van der Waals surface area (Å²) in [4.78, 5) is 11.6. The number of ether oxygens (including phenoxy) is 1. The van der Waals surface area contributed by atoms with Crippen LogP contribution in [0.4, 0.5) is 5.69 Å². The Balaban J connectivity index is 2.04. The van der Waals surface area contributed by atoms with E-state index in [0.717, 1.165) is 38.1 Å². The van der Waals surface area contributed by atoms with Crippen molar-refractivity contribution in [2.24, 2.45) is 0 Å². The number of hydrogen-bond donors (Lipinski definition) is 1. The van der Waals surface area contributed by atoms with E-state index in [9.17, 15) is 4.79 Å². The summed E-state index contributed by atoms with van der Waals surface area (Å²) in [5.41, 5.74) is 1.10. The molecule has 1 fully saturated rings. The monoisotopic (exact) mass is 250 g/mol. The predicted molar refractivity (Wildman–Crippen MR) is 73.1 cm³/mol. The molecule has 2 atom stereocenters. The molecule has 0 amide bonds. The van der Waals surface area contributed by atoms with Crippen LogP contribution >= 0.6 is 0 Å². The quantitative estimate of drug-likeness (QED) is 0.891. The lowest BCUT2D eigenvalue weighted by atomic mass is 10.0. The van der Waals surface area contributed by atoms with Crippen LogP contribution in [-0.4, -0.2) is 23.3 Å². The summed E-state index contributed by atoms with van der Waals surface area (Å²) < 4.78 is 7.30. The number of nitrogens with zero attached hydrogens (tertiary/aromatic N) is 1. The van der Waals surface area contributed by atoms with Crippen LogP contribution in [0.2, 0.25) is 0 Å². The van der Waals surface area contributed by atoms with Gasteiger partial charge >= 0.3 is 0 Å². The molecule has 1 aromatic heterocycles. The summed E-state index contributed by atoms with van der Waals surface area (Å²) in [6, 6.07) is 3.95. The fourth-order valence-corrected chi connectivity index (χ4v) is 2.40. The van der Waals surface area contributed by atoms with Crippen molar-refractivity contribution in [2.75, 3.05) is 11.9 Å². The average molecular weight is 250 g/mol. The van der Waals surface area contributed by atoms with E-state index in [4.69, 9.17) is 4.74 Å². The van der Waals surface area contributed by atoms with Gasteiger partial charge in [0.15, 0.2) is 0 Å². The maximum absolute atomic E-state index is 11.6. The van der Waals surface area contributed by atoms with E-state index in [1.165, 1.54) is 0 Å². The van der Waals surface area contributed by atoms with Gasteiger partial charge in [0, 0.05) is 31.5 Å². The minimum Gasteiger partial charge on any atom is -0.381 e. The van der Waals surface area contributed by atoms with Crippen LogP contribution in [0.15, 0.2) is 23.1 Å². The third-order valence-electron chi connectivity index (χ3n) is 3.30. The van der Waals surface area contributed by atoms with Crippen LogP contribution in [0, 0.1) is 0 Å². The normalized spacial score (nSPS) is 23.9. The van der Waals surface area contributed by atoms with Crippen LogP contribution in [0.25, 0.3) is 0 Å². The SMILES string of the molecule is CCCn1cc(NC2CCOC(C)C2)ccc1=O. The molecule has 0 aromatic carbocycles. The minimum atomic E-state index is 0.0720. The lowest BCUT2D eigenvalue weighted by Gasteiger charge is -2.28. The molecule has 2 rings (SSSR count). The Hall–Kier alpha value is -1.29. The first-order valence-electron chi connectivity index (χ1n) is 6.77. The van der Waals surface area contributed by atoms with Crippen molar-refractivity contribution in [1.82, 2.24) is 4.57 Å². The zero-order valence-corrected chi connectivity index (χ0v) is 11.2. The zero-order valence-electron chi connectivity index (χ0n) is 11.2. The van der Waals surface area contributed by atoms with Gasteiger partial charge in [0.2, 0.25) is 0 Å². The molecule has 0 aliphatic carbocycles. The first kappa shape index (κ1) is 13.1. The standard InChI is InChI=1S/C14H22N2O2/c1-3-7-16-10-13(4-5-14(16)17)15-12-6-8-18-11(2)9-12/h4-5,10-12,15H,3,6-9H2,1-2H3. The fourth-order valence-electron chi connectivity index (χ4n) is 2.40. The van der Waals surface area contributed by atoms with E-state index in [1.54, 1.807) is 10.6 Å². The molecule has 1 aliphatic rings. The van der Waals surface area contributed by atoms with Gasteiger partial charge in [-0.05, 0) is 32.3 Å². The van der Waals surface area contributed by atoms with E-state index >= 15 is 0 Å². The number of aryl methyl sites for hydroxylation is 1. The summed E-state index contributed by atoms with van der Waals surface area (Å²) in [5.74, 6) is 0. The predicted octanol–water partition coefficient (Wildman–Crippen LogP) is 2.24. The Kier molecular flexibility index (Phi) is 4.42.